The highest BCUT2D eigenvalue weighted by atomic mass is 35.5. The molecular weight excluding hydrogens is 450 g/mol. The summed E-state index contributed by atoms with van der Waals surface area (Å²) in [4.78, 5) is 15.1. The topological polar surface area (TPSA) is 79.0 Å². The van der Waals surface area contributed by atoms with Crippen LogP contribution in [-0.2, 0) is 19.6 Å². The van der Waals surface area contributed by atoms with Gasteiger partial charge in [0.2, 0.25) is 5.91 Å². The minimum Gasteiger partial charge on any atom is -0.379 e. The third-order valence-electron chi connectivity index (χ3n) is 5.42. The lowest BCUT2D eigenvalue weighted by molar-refractivity contribution is -0.119. The third kappa shape index (κ3) is 6.45. The van der Waals surface area contributed by atoms with E-state index < -0.39 is 10.0 Å². The summed E-state index contributed by atoms with van der Waals surface area (Å²) < 4.78 is 33.2. The van der Waals surface area contributed by atoms with E-state index in [0.717, 1.165) is 54.7 Å². The molecule has 0 aromatic heterocycles. The largest absolute Gasteiger partial charge is 0.379 e. The summed E-state index contributed by atoms with van der Waals surface area (Å²) in [5, 5.41) is 3.29. The predicted octanol–water partition coefficient (Wildman–Crippen LogP) is 2.99. The Morgan fingerprint density at radius 3 is 2.47 bits per heavy atom. The van der Waals surface area contributed by atoms with Gasteiger partial charge in [0.25, 0.3) is 10.0 Å². The number of nitrogens with one attached hydrogen (secondary N) is 1. The molecule has 3 rings (SSSR count). The number of carbonyl (C=O) groups excluding carboxylic acids is 1. The fourth-order valence-corrected chi connectivity index (χ4v) is 5.02. The van der Waals surface area contributed by atoms with Gasteiger partial charge in [-0.25, -0.2) is 8.42 Å². The lowest BCUT2D eigenvalue weighted by atomic mass is 10.2. The van der Waals surface area contributed by atoms with Crippen LogP contribution in [0.2, 0.25) is 5.02 Å². The van der Waals surface area contributed by atoms with Crippen LogP contribution in [0.1, 0.15) is 17.5 Å². The van der Waals surface area contributed by atoms with Crippen molar-refractivity contribution >= 4 is 33.2 Å². The Hall–Kier alpha value is -2.13. The molecule has 0 aliphatic carbocycles. The Morgan fingerprint density at radius 1 is 1.12 bits per heavy atom. The van der Waals surface area contributed by atoms with Gasteiger partial charge in [-0.05, 0) is 56.6 Å². The number of morpholine rings is 1. The second kappa shape index (κ2) is 11.1. The van der Waals surface area contributed by atoms with E-state index in [0.29, 0.717) is 17.3 Å². The van der Waals surface area contributed by atoms with E-state index in [1.54, 1.807) is 42.5 Å². The average Bonchev–Trinajstić information content (AvgIpc) is 2.78. The third-order valence-corrected chi connectivity index (χ3v) is 7.61. The molecule has 0 spiro atoms. The molecule has 1 fully saturated rings. The Morgan fingerprint density at radius 2 is 1.81 bits per heavy atom. The average molecular weight is 480 g/mol. The number of aryl methyl sites for hydroxylation is 2. The van der Waals surface area contributed by atoms with Gasteiger partial charge in [0, 0.05) is 24.7 Å². The molecule has 32 heavy (non-hydrogen) atoms. The first-order chi connectivity index (χ1) is 15.3. The highest BCUT2D eigenvalue weighted by Crippen LogP contribution is 2.28. The van der Waals surface area contributed by atoms with Gasteiger partial charge in [-0.1, -0.05) is 35.4 Å². The molecule has 1 aliphatic heterocycles. The maximum atomic E-state index is 13.4. The van der Waals surface area contributed by atoms with Crippen molar-refractivity contribution in [1.29, 1.82) is 0 Å². The van der Waals surface area contributed by atoms with Crippen molar-refractivity contribution < 1.29 is 17.9 Å². The van der Waals surface area contributed by atoms with Gasteiger partial charge >= 0.3 is 0 Å². The fraction of sp³-hybridized carbons (Fsp3) is 0.435. The van der Waals surface area contributed by atoms with Crippen molar-refractivity contribution in [3.8, 4) is 0 Å². The minimum atomic E-state index is -3.95. The van der Waals surface area contributed by atoms with Crippen LogP contribution in [0.3, 0.4) is 0 Å². The zero-order valence-electron chi connectivity index (χ0n) is 18.5. The number of hydrogen-bond donors (Lipinski definition) is 1. The quantitative estimate of drug-likeness (QED) is 0.559. The summed E-state index contributed by atoms with van der Waals surface area (Å²) in [5.41, 5.74) is 2.13. The van der Waals surface area contributed by atoms with Crippen LogP contribution in [0, 0.1) is 13.8 Å². The Kier molecular flexibility index (Phi) is 8.53. The van der Waals surface area contributed by atoms with Crippen LogP contribution < -0.4 is 9.62 Å². The van der Waals surface area contributed by atoms with E-state index in [9.17, 15) is 13.2 Å². The molecule has 1 aliphatic rings. The zero-order valence-corrected chi connectivity index (χ0v) is 20.1. The summed E-state index contributed by atoms with van der Waals surface area (Å²) in [6, 6.07) is 11.6. The van der Waals surface area contributed by atoms with Crippen LogP contribution in [0.15, 0.2) is 47.4 Å². The molecule has 174 valence electrons. The molecule has 1 saturated heterocycles. The number of halogens is 1. The molecule has 1 N–H and O–H groups in total. The highest BCUT2D eigenvalue weighted by Gasteiger charge is 2.27. The predicted molar refractivity (Wildman–Crippen MR) is 127 cm³/mol. The standard InChI is InChI=1S/C23H30ClN3O4S/c1-18-4-8-21(9-5-18)32(29,30)27(20-7-6-19(2)22(24)16-20)17-23(28)25-10-3-11-26-12-14-31-15-13-26/h4-9,16H,3,10-15,17H2,1-2H3,(H,25,28). The Balaban J connectivity index is 1.71. The highest BCUT2D eigenvalue weighted by molar-refractivity contribution is 7.92. The van der Waals surface area contributed by atoms with Crippen molar-refractivity contribution in [3.05, 3.63) is 58.6 Å². The van der Waals surface area contributed by atoms with E-state index in [-0.39, 0.29) is 17.3 Å². The number of anilines is 1. The van der Waals surface area contributed by atoms with Crippen molar-refractivity contribution in [1.82, 2.24) is 10.2 Å². The molecular formula is C23H30ClN3O4S. The summed E-state index contributed by atoms with van der Waals surface area (Å²) in [6.45, 7) is 7.99. The van der Waals surface area contributed by atoms with Gasteiger partial charge in [-0.2, -0.15) is 0 Å². The monoisotopic (exact) mass is 479 g/mol. The van der Waals surface area contributed by atoms with Gasteiger partial charge in [0.15, 0.2) is 0 Å². The molecule has 1 amide bonds. The summed E-state index contributed by atoms with van der Waals surface area (Å²) in [6.07, 6.45) is 0.785. The molecule has 9 heteroatoms. The molecule has 2 aromatic carbocycles. The molecule has 0 saturated carbocycles. The molecule has 1 heterocycles. The van der Waals surface area contributed by atoms with E-state index in [2.05, 4.69) is 10.2 Å². The van der Waals surface area contributed by atoms with Gasteiger partial charge in [-0.15, -0.1) is 0 Å². The first-order valence-electron chi connectivity index (χ1n) is 10.7. The van der Waals surface area contributed by atoms with Crippen molar-refractivity contribution in [2.24, 2.45) is 0 Å². The van der Waals surface area contributed by atoms with E-state index in [1.165, 1.54) is 0 Å². The van der Waals surface area contributed by atoms with Gasteiger partial charge in [0.1, 0.15) is 6.54 Å². The van der Waals surface area contributed by atoms with Crippen LogP contribution in [0.4, 0.5) is 5.69 Å². The molecule has 7 nitrogen and oxygen atoms in total. The van der Waals surface area contributed by atoms with E-state index >= 15 is 0 Å². The SMILES string of the molecule is Cc1ccc(S(=O)(=O)N(CC(=O)NCCCN2CCOCC2)c2ccc(C)c(Cl)c2)cc1. The number of carbonyl (C=O) groups is 1. The summed E-state index contributed by atoms with van der Waals surface area (Å²) in [5.74, 6) is -0.362. The minimum absolute atomic E-state index is 0.125. The zero-order chi connectivity index (χ0) is 23.1. The maximum Gasteiger partial charge on any atom is 0.264 e. The van der Waals surface area contributed by atoms with Crippen LogP contribution in [0.5, 0.6) is 0 Å². The number of ether oxygens (including phenoxy) is 1. The lowest BCUT2D eigenvalue weighted by Crippen LogP contribution is -2.42. The maximum absolute atomic E-state index is 13.4. The van der Waals surface area contributed by atoms with Gasteiger partial charge in [0.05, 0.1) is 23.8 Å². The van der Waals surface area contributed by atoms with Crippen molar-refractivity contribution in [2.45, 2.75) is 25.2 Å². The van der Waals surface area contributed by atoms with E-state index in [1.807, 2.05) is 13.8 Å². The van der Waals surface area contributed by atoms with Crippen molar-refractivity contribution in [3.63, 3.8) is 0 Å². The number of sulfonamides is 1. The first-order valence-corrected chi connectivity index (χ1v) is 12.5. The Labute approximate surface area is 195 Å². The number of amides is 1. The molecule has 2 aromatic rings. The van der Waals surface area contributed by atoms with Crippen LogP contribution in [-0.4, -0.2) is 65.2 Å². The van der Waals surface area contributed by atoms with Gasteiger partial charge in [-0.3, -0.25) is 14.0 Å². The smallest absolute Gasteiger partial charge is 0.264 e. The van der Waals surface area contributed by atoms with Crippen molar-refractivity contribution in [2.75, 3.05) is 50.2 Å². The normalized spacial score (nSPS) is 14.8. The van der Waals surface area contributed by atoms with E-state index in [4.69, 9.17) is 16.3 Å². The lowest BCUT2D eigenvalue weighted by Gasteiger charge is -2.26. The second-order valence-corrected chi connectivity index (χ2v) is 10.2. The molecule has 0 radical (unpaired) electrons. The van der Waals surface area contributed by atoms with Gasteiger partial charge < -0.3 is 10.1 Å². The number of hydrogen-bond acceptors (Lipinski definition) is 5. The number of benzene rings is 2. The molecule has 0 unspecified atom stereocenters. The molecule has 0 atom stereocenters. The second-order valence-electron chi connectivity index (χ2n) is 7.92. The Bertz CT molecular complexity index is 1020. The summed E-state index contributed by atoms with van der Waals surface area (Å²) in [7, 11) is -3.95. The van der Waals surface area contributed by atoms with Crippen LogP contribution in [0.25, 0.3) is 0 Å². The van der Waals surface area contributed by atoms with Crippen LogP contribution >= 0.6 is 11.6 Å². The molecule has 0 bridgehead atoms. The summed E-state index contributed by atoms with van der Waals surface area (Å²) >= 11 is 6.25. The number of nitrogens with zero attached hydrogens (tertiary/aromatic N) is 2. The number of rotatable bonds is 9. The fourth-order valence-electron chi connectivity index (χ4n) is 3.43. The first kappa shape index (κ1) is 24.5.